The molecule has 0 spiro atoms. The summed E-state index contributed by atoms with van der Waals surface area (Å²) < 4.78 is 11.9. The standard InChI is InChI=1S/C42H38O8/c43-33-5-1-3-27(17-33)9-11-31-19-35(45)25-37(21-31)49-41-15-13-29(23-39(41)47)7-8-30-14-16-42(40(48)24-30)50-38-22-32(20-36(46)26-38)12-10-28-4-2-6-34(44)18-28/h1-6,13-26,43-48H,7-12H2. The van der Waals surface area contributed by atoms with Crippen molar-refractivity contribution in [1.29, 1.82) is 0 Å². The summed E-state index contributed by atoms with van der Waals surface area (Å²) in [6.45, 7) is 0. The molecule has 0 saturated carbocycles. The first kappa shape index (κ1) is 33.6. The lowest BCUT2D eigenvalue weighted by Crippen LogP contribution is -1.95. The summed E-state index contributed by atoms with van der Waals surface area (Å²) >= 11 is 0. The number of hydrogen-bond donors (Lipinski definition) is 6. The first-order chi connectivity index (χ1) is 24.1. The molecule has 6 N–H and O–H groups in total. The summed E-state index contributed by atoms with van der Waals surface area (Å²) in [5, 5.41) is 61.4. The molecule has 0 aliphatic rings. The van der Waals surface area contributed by atoms with Crippen LogP contribution in [0.5, 0.6) is 57.5 Å². The number of hydrogen-bond acceptors (Lipinski definition) is 8. The number of rotatable bonds is 13. The summed E-state index contributed by atoms with van der Waals surface area (Å²) in [7, 11) is 0. The molecule has 0 atom stereocenters. The topological polar surface area (TPSA) is 140 Å². The summed E-state index contributed by atoms with van der Waals surface area (Å²) in [5.74, 6) is 1.76. The monoisotopic (exact) mass is 670 g/mol. The van der Waals surface area contributed by atoms with Gasteiger partial charge in [0.2, 0.25) is 0 Å². The summed E-state index contributed by atoms with van der Waals surface area (Å²) in [6.07, 6.45) is 3.78. The van der Waals surface area contributed by atoms with E-state index in [1.165, 1.54) is 12.1 Å². The van der Waals surface area contributed by atoms with Gasteiger partial charge in [0.15, 0.2) is 23.0 Å². The predicted octanol–water partition coefficient (Wildman–Crippen LogP) is 8.86. The van der Waals surface area contributed by atoms with Crippen LogP contribution in [0.2, 0.25) is 0 Å². The normalized spacial score (nSPS) is 11.0. The van der Waals surface area contributed by atoms with Crippen molar-refractivity contribution in [3.8, 4) is 57.5 Å². The lowest BCUT2D eigenvalue weighted by molar-refractivity contribution is 0.406. The molecule has 0 saturated heterocycles. The van der Waals surface area contributed by atoms with Crippen LogP contribution in [0, 0.1) is 0 Å². The molecular formula is C42H38O8. The average molecular weight is 671 g/mol. The van der Waals surface area contributed by atoms with E-state index >= 15 is 0 Å². The number of phenols is 6. The Hall–Kier alpha value is -6.28. The molecule has 0 fully saturated rings. The second-order valence-corrected chi connectivity index (χ2v) is 12.3. The number of aromatic hydroxyl groups is 6. The predicted molar refractivity (Wildman–Crippen MR) is 191 cm³/mol. The highest BCUT2D eigenvalue weighted by Crippen LogP contribution is 2.36. The lowest BCUT2D eigenvalue weighted by Gasteiger charge is -2.12. The maximum atomic E-state index is 10.7. The van der Waals surface area contributed by atoms with Crippen molar-refractivity contribution in [2.75, 3.05) is 0 Å². The van der Waals surface area contributed by atoms with Crippen LogP contribution in [-0.2, 0) is 38.5 Å². The Balaban J connectivity index is 1.04. The minimum Gasteiger partial charge on any atom is -0.508 e. The van der Waals surface area contributed by atoms with Crippen LogP contribution in [-0.4, -0.2) is 30.6 Å². The van der Waals surface area contributed by atoms with Gasteiger partial charge in [0, 0.05) is 12.1 Å². The van der Waals surface area contributed by atoms with E-state index in [1.54, 1.807) is 72.8 Å². The Morgan fingerprint density at radius 1 is 0.320 bits per heavy atom. The minimum absolute atomic E-state index is 0.0360. The van der Waals surface area contributed by atoms with Gasteiger partial charge >= 0.3 is 0 Å². The molecule has 0 radical (unpaired) electrons. The van der Waals surface area contributed by atoms with Gasteiger partial charge in [-0.15, -0.1) is 0 Å². The fourth-order valence-corrected chi connectivity index (χ4v) is 5.85. The van der Waals surface area contributed by atoms with Gasteiger partial charge in [-0.05, 0) is 145 Å². The molecule has 6 aromatic carbocycles. The molecule has 6 aromatic rings. The number of aryl methyl sites for hydroxylation is 6. The third kappa shape index (κ3) is 9.20. The molecular weight excluding hydrogens is 632 g/mol. The summed E-state index contributed by atoms with van der Waals surface area (Å²) in [4.78, 5) is 0. The minimum atomic E-state index is -0.0360. The Bertz CT molecular complexity index is 1950. The van der Waals surface area contributed by atoms with E-state index in [0.717, 1.165) is 33.4 Å². The maximum Gasteiger partial charge on any atom is 0.169 e. The van der Waals surface area contributed by atoms with Crippen LogP contribution < -0.4 is 9.47 Å². The first-order valence-corrected chi connectivity index (χ1v) is 16.4. The van der Waals surface area contributed by atoms with E-state index in [-0.39, 0.29) is 46.0 Å². The van der Waals surface area contributed by atoms with E-state index < -0.39 is 0 Å². The van der Waals surface area contributed by atoms with Gasteiger partial charge in [0.1, 0.15) is 34.5 Å². The fraction of sp³-hybridized carbons (Fsp3) is 0.143. The Labute approximate surface area is 290 Å². The van der Waals surface area contributed by atoms with E-state index in [4.69, 9.17) is 9.47 Å². The SMILES string of the molecule is Oc1cccc(CCc2cc(O)cc(Oc3ccc(CCc4ccc(Oc5cc(O)cc(CCc6cccc(O)c6)c5)c(O)c4)cc3O)c2)c1. The van der Waals surface area contributed by atoms with Crippen LogP contribution in [0.1, 0.15) is 33.4 Å². The third-order valence-corrected chi connectivity index (χ3v) is 8.33. The molecule has 0 aliphatic carbocycles. The number of ether oxygens (including phenoxy) is 2. The van der Waals surface area contributed by atoms with Crippen molar-refractivity contribution in [1.82, 2.24) is 0 Å². The summed E-state index contributed by atoms with van der Waals surface area (Å²) in [5.41, 5.74) is 5.40. The highest BCUT2D eigenvalue weighted by Gasteiger charge is 2.11. The van der Waals surface area contributed by atoms with E-state index in [1.807, 2.05) is 36.4 Å². The average Bonchev–Trinajstić information content (AvgIpc) is 3.07. The van der Waals surface area contributed by atoms with Crippen molar-refractivity contribution in [2.45, 2.75) is 38.5 Å². The van der Waals surface area contributed by atoms with E-state index in [9.17, 15) is 30.6 Å². The molecule has 254 valence electrons. The molecule has 6 rings (SSSR count). The van der Waals surface area contributed by atoms with E-state index in [2.05, 4.69) is 0 Å². The molecule has 0 aromatic heterocycles. The first-order valence-electron chi connectivity index (χ1n) is 16.4. The third-order valence-electron chi connectivity index (χ3n) is 8.33. The Kier molecular flexibility index (Phi) is 10.3. The fourth-order valence-electron chi connectivity index (χ4n) is 5.85. The van der Waals surface area contributed by atoms with Gasteiger partial charge < -0.3 is 40.1 Å². The van der Waals surface area contributed by atoms with Gasteiger partial charge in [-0.25, -0.2) is 0 Å². The van der Waals surface area contributed by atoms with Crippen LogP contribution >= 0.6 is 0 Å². The van der Waals surface area contributed by atoms with Gasteiger partial charge in [-0.3, -0.25) is 0 Å². The number of benzene rings is 6. The zero-order valence-corrected chi connectivity index (χ0v) is 27.3. The van der Waals surface area contributed by atoms with Gasteiger partial charge in [0.25, 0.3) is 0 Å². The van der Waals surface area contributed by atoms with Gasteiger partial charge in [-0.2, -0.15) is 0 Å². The molecule has 0 amide bonds. The van der Waals surface area contributed by atoms with Crippen molar-refractivity contribution >= 4 is 0 Å². The Morgan fingerprint density at radius 3 is 1.06 bits per heavy atom. The van der Waals surface area contributed by atoms with Crippen molar-refractivity contribution in [3.63, 3.8) is 0 Å². The van der Waals surface area contributed by atoms with Gasteiger partial charge in [-0.1, -0.05) is 36.4 Å². The second kappa shape index (κ2) is 15.3. The lowest BCUT2D eigenvalue weighted by atomic mass is 10.0. The van der Waals surface area contributed by atoms with Crippen molar-refractivity contribution < 1.29 is 40.1 Å². The quantitative estimate of drug-likeness (QED) is 0.0716. The molecule has 8 heteroatoms. The largest absolute Gasteiger partial charge is 0.508 e. The highest BCUT2D eigenvalue weighted by atomic mass is 16.5. The van der Waals surface area contributed by atoms with E-state index in [0.29, 0.717) is 50.0 Å². The molecule has 0 bridgehead atoms. The van der Waals surface area contributed by atoms with Crippen molar-refractivity contribution in [3.05, 3.63) is 155 Å². The maximum absolute atomic E-state index is 10.7. The zero-order chi connectivity index (χ0) is 35.0. The van der Waals surface area contributed by atoms with Gasteiger partial charge in [0.05, 0.1) is 0 Å². The van der Waals surface area contributed by atoms with Crippen LogP contribution in [0.3, 0.4) is 0 Å². The Morgan fingerprint density at radius 2 is 0.680 bits per heavy atom. The highest BCUT2D eigenvalue weighted by molar-refractivity contribution is 5.49. The van der Waals surface area contributed by atoms with Crippen LogP contribution in [0.4, 0.5) is 0 Å². The van der Waals surface area contributed by atoms with Crippen molar-refractivity contribution in [2.24, 2.45) is 0 Å². The number of phenolic OH excluding ortho intramolecular Hbond substituents is 6. The van der Waals surface area contributed by atoms with Crippen LogP contribution in [0.15, 0.2) is 121 Å². The molecule has 8 nitrogen and oxygen atoms in total. The second-order valence-electron chi connectivity index (χ2n) is 12.3. The molecule has 0 unspecified atom stereocenters. The molecule has 0 heterocycles. The zero-order valence-electron chi connectivity index (χ0n) is 27.3. The molecule has 50 heavy (non-hydrogen) atoms. The summed E-state index contributed by atoms with van der Waals surface area (Å²) in [6, 6.07) is 34.4. The molecule has 0 aliphatic heterocycles. The smallest absolute Gasteiger partial charge is 0.169 e. The van der Waals surface area contributed by atoms with Crippen LogP contribution in [0.25, 0.3) is 0 Å².